The predicted molar refractivity (Wildman–Crippen MR) is 75.8 cm³/mol. The number of hydrogen-bond donors (Lipinski definition) is 2. The first-order valence-corrected chi connectivity index (χ1v) is 6.65. The van der Waals surface area contributed by atoms with Crippen molar-refractivity contribution in [2.75, 3.05) is 13.1 Å². The van der Waals surface area contributed by atoms with Gasteiger partial charge in [-0.2, -0.15) is 0 Å². The fourth-order valence-electron chi connectivity index (χ4n) is 1.86. The lowest BCUT2D eigenvalue weighted by atomic mass is 10.0. The summed E-state index contributed by atoms with van der Waals surface area (Å²) in [7, 11) is 0. The third kappa shape index (κ3) is 6.60. The summed E-state index contributed by atoms with van der Waals surface area (Å²) in [5.41, 5.74) is 2.57. The Hall–Kier alpha value is -1.84. The number of carbonyl (C=O) groups is 2. The molecule has 104 valence electrons. The van der Waals surface area contributed by atoms with Crippen LogP contribution in [0.25, 0.3) is 0 Å². The standard InChI is InChI=1S/C15H22N2O2/c1-12-6-3-4-7-14(12)8-5-9-15(19)17-11-10-16-13(2)18/h3-4,6-7H,5,8-11H2,1-2H3,(H,16,18)(H,17,19). The minimum absolute atomic E-state index is 0.0407. The Labute approximate surface area is 114 Å². The molecule has 0 unspecified atom stereocenters. The molecule has 0 aliphatic carbocycles. The van der Waals surface area contributed by atoms with Crippen molar-refractivity contribution >= 4 is 11.8 Å². The van der Waals surface area contributed by atoms with Gasteiger partial charge >= 0.3 is 0 Å². The van der Waals surface area contributed by atoms with E-state index in [4.69, 9.17) is 0 Å². The molecular formula is C15H22N2O2. The summed E-state index contributed by atoms with van der Waals surface area (Å²) in [6.07, 6.45) is 2.29. The Morgan fingerprint density at radius 3 is 2.47 bits per heavy atom. The van der Waals surface area contributed by atoms with Gasteiger partial charge < -0.3 is 10.6 Å². The summed E-state index contributed by atoms with van der Waals surface area (Å²) in [6, 6.07) is 8.23. The van der Waals surface area contributed by atoms with Crippen molar-refractivity contribution in [2.45, 2.75) is 33.1 Å². The van der Waals surface area contributed by atoms with E-state index < -0.39 is 0 Å². The smallest absolute Gasteiger partial charge is 0.220 e. The van der Waals surface area contributed by atoms with Gasteiger partial charge in [-0.05, 0) is 30.9 Å². The third-order valence-electron chi connectivity index (χ3n) is 2.93. The Morgan fingerprint density at radius 1 is 1.11 bits per heavy atom. The van der Waals surface area contributed by atoms with Crippen LogP contribution in [0.4, 0.5) is 0 Å². The van der Waals surface area contributed by atoms with E-state index in [2.05, 4.69) is 29.7 Å². The molecule has 1 aromatic rings. The summed E-state index contributed by atoms with van der Waals surface area (Å²) in [4.78, 5) is 22.2. The maximum absolute atomic E-state index is 11.5. The van der Waals surface area contributed by atoms with Crippen LogP contribution in [-0.2, 0) is 16.0 Å². The number of amides is 2. The fourth-order valence-corrected chi connectivity index (χ4v) is 1.86. The molecule has 0 saturated heterocycles. The molecule has 2 N–H and O–H groups in total. The van der Waals surface area contributed by atoms with E-state index >= 15 is 0 Å². The molecule has 1 rings (SSSR count). The zero-order valence-corrected chi connectivity index (χ0v) is 11.7. The van der Waals surface area contributed by atoms with Crippen molar-refractivity contribution in [1.82, 2.24) is 10.6 Å². The van der Waals surface area contributed by atoms with E-state index in [1.54, 1.807) is 0 Å². The van der Waals surface area contributed by atoms with E-state index in [0.29, 0.717) is 19.5 Å². The van der Waals surface area contributed by atoms with Crippen LogP contribution < -0.4 is 10.6 Å². The van der Waals surface area contributed by atoms with E-state index in [1.807, 2.05) is 12.1 Å². The number of aryl methyl sites for hydroxylation is 2. The highest BCUT2D eigenvalue weighted by atomic mass is 16.2. The zero-order chi connectivity index (χ0) is 14.1. The van der Waals surface area contributed by atoms with Crippen molar-refractivity contribution < 1.29 is 9.59 Å². The first kappa shape index (κ1) is 15.2. The van der Waals surface area contributed by atoms with E-state index in [9.17, 15) is 9.59 Å². The van der Waals surface area contributed by atoms with Gasteiger partial charge in [0.25, 0.3) is 0 Å². The molecule has 0 bridgehead atoms. The third-order valence-corrected chi connectivity index (χ3v) is 2.93. The summed E-state index contributed by atoms with van der Waals surface area (Å²) in [6.45, 7) is 4.52. The van der Waals surface area contributed by atoms with Crippen molar-refractivity contribution in [2.24, 2.45) is 0 Å². The van der Waals surface area contributed by atoms with Gasteiger partial charge in [0.2, 0.25) is 11.8 Å². The molecule has 2 amide bonds. The lowest BCUT2D eigenvalue weighted by molar-refractivity contribution is -0.122. The Balaban J connectivity index is 2.14. The van der Waals surface area contributed by atoms with Crippen LogP contribution >= 0.6 is 0 Å². The molecular weight excluding hydrogens is 240 g/mol. The van der Waals surface area contributed by atoms with Crippen LogP contribution in [0.1, 0.15) is 30.9 Å². The Morgan fingerprint density at radius 2 is 1.79 bits per heavy atom. The molecule has 0 aromatic heterocycles. The molecule has 1 aromatic carbocycles. The van der Waals surface area contributed by atoms with Crippen LogP contribution in [0.2, 0.25) is 0 Å². The molecule has 0 radical (unpaired) electrons. The number of carbonyl (C=O) groups excluding carboxylic acids is 2. The second-order valence-electron chi connectivity index (χ2n) is 4.61. The van der Waals surface area contributed by atoms with Gasteiger partial charge in [-0.25, -0.2) is 0 Å². The Kier molecular flexibility index (Phi) is 6.64. The predicted octanol–water partition coefficient (Wildman–Crippen LogP) is 1.57. The molecule has 0 saturated carbocycles. The summed E-state index contributed by atoms with van der Waals surface area (Å²) < 4.78 is 0. The number of rotatable bonds is 7. The van der Waals surface area contributed by atoms with Crippen LogP contribution in [0.5, 0.6) is 0 Å². The highest BCUT2D eigenvalue weighted by molar-refractivity contribution is 5.76. The Bertz CT molecular complexity index is 430. The van der Waals surface area contributed by atoms with Gasteiger partial charge in [0.15, 0.2) is 0 Å². The minimum atomic E-state index is -0.0752. The normalized spacial score (nSPS) is 10.0. The van der Waals surface area contributed by atoms with Gasteiger partial charge in [-0.1, -0.05) is 24.3 Å². The molecule has 4 heteroatoms. The van der Waals surface area contributed by atoms with E-state index in [0.717, 1.165) is 12.8 Å². The quantitative estimate of drug-likeness (QED) is 0.733. The van der Waals surface area contributed by atoms with Gasteiger partial charge in [0.05, 0.1) is 0 Å². The van der Waals surface area contributed by atoms with Gasteiger partial charge in [-0.3, -0.25) is 9.59 Å². The van der Waals surface area contributed by atoms with Crippen molar-refractivity contribution in [3.63, 3.8) is 0 Å². The summed E-state index contributed by atoms with van der Waals surface area (Å²) >= 11 is 0. The van der Waals surface area contributed by atoms with Crippen molar-refractivity contribution in [3.8, 4) is 0 Å². The molecule has 0 fully saturated rings. The topological polar surface area (TPSA) is 58.2 Å². The summed E-state index contributed by atoms with van der Waals surface area (Å²) in [5, 5.41) is 5.42. The molecule has 0 spiro atoms. The number of benzene rings is 1. The van der Waals surface area contributed by atoms with Crippen LogP contribution in [0, 0.1) is 6.92 Å². The molecule has 0 aliphatic rings. The maximum Gasteiger partial charge on any atom is 0.220 e. The van der Waals surface area contributed by atoms with Gasteiger partial charge in [-0.15, -0.1) is 0 Å². The molecule has 0 atom stereocenters. The average Bonchev–Trinajstić information content (AvgIpc) is 2.37. The first-order chi connectivity index (χ1) is 9.09. The lowest BCUT2D eigenvalue weighted by Gasteiger charge is -2.07. The minimum Gasteiger partial charge on any atom is -0.355 e. The van der Waals surface area contributed by atoms with Gasteiger partial charge in [0.1, 0.15) is 0 Å². The second-order valence-corrected chi connectivity index (χ2v) is 4.61. The lowest BCUT2D eigenvalue weighted by Crippen LogP contribution is -2.33. The van der Waals surface area contributed by atoms with Crippen LogP contribution in [-0.4, -0.2) is 24.9 Å². The SMILES string of the molecule is CC(=O)NCCNC(=O)CCCc1ccccc1C. The number of nitrogens with one attached hydrogen (secondary N) is 2. The molecule has 19 heavy (non-hydrogen) atoms. The van der Waals surface area contributed by atoms with Crippen molar-refractivity contribution in [3.05, 3.63) is 35.4 Å². The zero-order valence-electron chi connectivity index (χ0n) is 11.7. The van der Waals surface area contributed by atoms with E-state index in [1.165, 1.54) is 18.1 Å². The van der Waals surface area contributed by atoms with Gasteiger partial charge in [0, 0.05) is 26.4 Å². The average molecular weight is 262 g/mol. The van der Waals surface area contributed by atoms with Crippen molar-refractivity contribution in [1.29, 1.82) is 0 Å². The number of hydrogen-bond acceptors (Lipinski definition) is 2. The van der Waals surface area contributed by atoms with E-state index in [-0.39, 0.29) is 11.8 Å². The molecule has 0 aliphatic heterocycles. The van der Waals surface area contributed by atoms with Crippen LogP contribution in [0.15, 0.2) is 24.3 Å². The highest BCUT2D eigenvalue weighted by Crippen LogP contribution is 2.10. The molecule has 4 nitrogen and oxygen atoms in total. The van der Waals surface area contributed by atoms with Crippen LogP contribution in [0.3, 0.4) is 0 Å². The fraction of sp³-hybridized carbons (Fsp3) is 0.467. The highest BCUT2D eigenvalue weighted by Gasteiger charge is 2.02. The largest absolute Gasteiger partial charge is 0.355 e. The second kappa shape index (κ2) is 8.29. The summed E-state index contributed by atoms with van der Waals surface area (Å²) in [5.74, 6) is -0.0345. The first-order valence-electron chi connectivity index (χ1n) is 6.65. The maximum atomic E-state index is 11.5. The monoisotopic (exact) mass is 262 g/mol. The molecule has 0 heterocycles.